The molecule has 0 saturated carbocycles. The van der Waals surface area contributed by atoms with E-state index in [0.29, 0.717) is 6.07 Å². The smallest absolute Gasteiger partial charge is 0.260 e. The minimum atomic E-state index is -1.68. The van der Waals surface area contributed by atoms with E-state index in [0.717, 1.165) is 23.9 Å². The van der Waals surface area contributed by atoms with Gasteiger partial charge in [-0.2, -0.15) is 0 Å². The normalized spacial score (nSPS) is 11.0. The molecule has 0 fully saturated rings. The van der Waals surface area contributed by atoms with E-state index >= 15 is 0 Å². The van der Waals surface area contributed by atoms with Crippen molar-refractivity contribution in [1.29, 1.82) is 0 Å². The summed E-state index contributed by atoms with van der Waals surface area (Å²) in [5.41, 5.74) is -0.585. The van der Waals surface area contributed by atoms with E-state index in [9.17, 15) is 18.0 Å². The molecule has 0 aliphatic heterocycles. The van der Waals surface area contributed by atoms with E-state index in [-0.39, 0.29) is 11.0 Å². The van der Waals surface area contributed by atoms with Crippen molar-refractivity contribution in [1.82, 2.24) is 10.2 Å². The Morgan fingerprint density at radius 1 is 1.18 bits per heavy atom. The SMILES string of the molecule is CCC(CC)c1nnc(NC(=O)c2ccc(F)c(F)c2F)s1. The third-order valence-electron chi connectivity index (χ3n) is 3.28. The van der Waals surface area contributed by atoms with Crippen molar-refractivity contribution in [2.75, 3.05) is 5.32 Å². The summed E-state index contributed by atoms with van der Waals surface area (Å²) in [5, 5.41) is 11.1. The summed E-state index contributed by atoms with van der Waals surface area (Å²) in [7, 11) is 0. The topological polar surface area (TPSA) is 54.9 Å². The number of carbonyl (C=O) groups is 1. The first-order valence-corrected chi connectivity index (χ1v) is 7.57. The van der Waals surface area contributed by atoms with Crippen LogP contribution in [0.4, 0.5) is 18.3 Å². The molecule has 1 aromatic carbocycles. The van der Waals surface area contributed by atoms with Crippen molar-refractivity contribution < 1.29 is 18.0 Å². The number of carbonyl (C=O) groups excluding carboxylic acids is 1. The maximum Gasteiger partial charge on any atom is 0.260 e. The highest BCUT2D eigenvalue weighted by molar-refractivity contribution is 7.15. The van der Waals surface area contributed by atoms with Gasteiger partial charge < -0.3 is 0 Å². The molecule has 22 heavy (non-hydrogen) atoms. The molecule has 0 saturated heterocycles. The molecule has 1 aromatic heterocycles. The summed E-state index contributed by atoms with van der Waals surface area (Å²) < 4.78 is 39.5. The minimum Gasteiger partial charge on any atom is -0.296 e. The number of hydrogen-bond donors (Lipinski definition) is 1. The largest absolute Gasteiger partial charge is 0.296 e. The molecule has 0 radical (unpaired) electrons. The number of nitrogens with one attached hydrogen (secondary N) is 1. The van der Waals surface area contributed by atoms with Crippen LogP contribution >= 0.6 is 11.3 Å². The summed E-state index contributed by atoms with van der Waals surface area (Å²) in [6.45, 7) is 4.04. The lowest BCUT2D eigenvalue weighted by molar-refractivity contribution is 0.102. The first kappa shape index (κ1) is 16.4. The quantitative estimate of drug-likeness (QED) is 0.840. The van der Waals surface area contributed by atoms with E-state index in [1.54, 1.807) is 0 Å². The van der Waals surface area contributed by atoms with Crippen LogP contribution in [0.25, 0.3) is 0 Å². The van der Waals surface area contributed by atoms with Gasteiger partial charge in [-0.1, -0.05) is 25.2 Å². The zero-order valence-electron chi connectivity index (χ0n) is 12.0. The van der Waals surface area contributed by atoms with Crippen LogP contribution in [0.15, 0.2) is 12.1 Å². The molecule has 8 heteroatoms. The van der Waals surface area contributed by atoms with Gasteiger partial charge in [0.1, 0.15) is 5.01 Å². The van der Waals surface area contributed by atoms with Gasteiger partial charge in [-0.15, -0.1) is 10.2 Å². The zero-order chi connectivity index (χ0) is 16.3. The predicted molar refractivity (Wildman–Crippen MR) is 77.5 cm³/mol. The maximum atomic E-state index is 13.5. The van der Waals surface area contributed by atoms with Gasteiger partial charge in [0.25, 0.3) is 5.91 Å². The van der Waals surface area contributed by atoms with Gasteiger partial charge in [-0.05, 0) is 25.0 Å². The van der Waals surface area contributed by atoms with Crippen LogP contribution in [-0.2, 0) is 0 Å². The highest BCUT2D eigenvalue weighted by atomic mass is 32.1. The fourth-order valence-electron chi connectivity index (χ4n) is 1.95. The highest BCUT2D eigenvalue weighted by Crippen LogP contribution is 2.28. The van der Waals surface area contributed by atoms with Crippen molar-refractivity contribution in [2.45, 2.75) is 32.6 Å². The minimum absolute atomic E-state index is 0.191. The summed E-state index contributed by atoms with van der Waals surface area (Å²) in [6.07, 6.45) is 1.77. The van der Waals surface area contributed by atoms with Crippen LogP contribution in [0.2, 0.25) is 0 Å². The van der Waals surface area contributed by atoms with Gasteiger partial charge >= 0.3 is 0 Å². The molecule has 1 heterocycles. The lowest BCUT2D eigenvalue weighted by atomic mass is 10.1. The monoisotopic (exact) mass is 329 g/mol. The summed E-state index contributed by atoms with van der Waals surface area (Å²) in [5.74, 6) is -5.21. The molecule has 0 atom stereocenters. The summed E-state index contributed by atoms with van der Waals surface area (Å²) >= 11 is 1.18. The molecule has 4 nitrogen and oxygen atoms in total. The lowest BCUT2D eigenvalue weighted by Gasteiger charge is -2.06. The van der Waals surface area contributed by atoms with Gasteiger partial charge in [-0.3, -0.25) is 10.1 Å². The van der Waals surface area contributed by atoms with Crippen molar-refractivity contribution in [2.24, 2.45) is 0 Å². The molecular formula is C14H14F3N3OS. The first-order chi connectivity index (χ1) is 10.5. The van der Waals surface area contributed by atoms with E-state index in [2.05, 4.69) is 15.5 Å². The molecule has 0 spiro atoms. The average molecular weight is 329 g/mol. The second kappa shape index (κ2) is 6.87. The van der Waals surface area contributed by atoms with Crippen molar-refractivity contribution >= 4 is 22.4 Å². The number of nitrogens with zero attached hydrogens (tertiary/aromatic N) is 2. The number of amides is 1. The fraction of sp³-hybridized carbons (Fsp3) is 0.357. The number of aromatic nitrogens is 2. The average Bonchev–Trinajstić information content (AvgIpc) is 2.94. The molecular weight excluding hydrogens is 315 g/mol. The Labute approximate surface area is 129 Å². The van der Waals surface area contributed by atoms with Crippen LogP contribution in [-0.4, -0.2) is 16.1 Å². The highest BCUT2D eigenvalue weighted by Gasteiger charge is 2.20. The fourth-order valence-corrected chi connectivity index (χ4v) is 2.96. The maximum absolute atomic E-state index is 13.5. The molecule has 1 amide bonds. The van der Waals surface area contributed by atoms with Crippen LogP contribution < -0.4 is 5.32 Å². The third-order valence-corrected chi connectivity index (χ3v) is 4.28. The number of benzene rings is 1. The number of anilines is 1. The van der Waals surface area contributed by atoms with Crippen molar-refractivity contribution in [3.05, 3.63) is 40.2 Å². The predicted octanol–water partition coefficient (Wildman–Crippen LogP) is 4.11. The Morgan fingerprint density at radius 2 is 1.86 bits per heavy atom. The number of halogens is 3. The lowest BCUT2D eigenvalue weighted by Crippen LogP contribution is -2.15. The van der Waals surface area contributed by atoms with Crippen LogP contribution in [0, 0.1) is 17.5 Å². The number of hydrogen-bond acceptors (Lipinski definition) is 4. The van der Waals surface area contributed by atoms with E-state index in [4.69, 9.17) is 0 Å². The standard InChI is InChI=1S/C14H14F3N3OS/c1-3-7(4-2)13-19-20-14(22-13)18-12(21)8-5-6-9(15)11(17)10(8)16/h5-7H,3-4H2,1-2H3,(H,18,20,21). The van der Waals surface area contributed by atoms with E-state index in [1.165, 1.54) is 11.3 Å². The molecule has 0 bridgehead atoms. The molecule has 2 rings (SSSR count). The van der Waals surface area contributed by atoms with Crippen molar-refractivity contribution in [3.63, 3.8) is 0 Å². The Morgan fingerprint density at radius 3 is 2.50 bits per heavy atom. The summed E-state index contributed by atoms with van der Waals surface area (Å²) in [6, 6.07) is 1.58. The second-order valence-corrected chi connectivity index (χ2v) is 5.65. The molecule has 0 aliphatic carbocycles. The molecule has 0 aliphatic rings. The van der Waals surface area contributed by atoms with Crippen LogP contribution in [0.3, 0.4) is 0 Å². The van der Waals surface area contributed by atoms with Gasteiger partial charge in [-0.25, -0.2) is 13.2 Å². The van der Waals surface area contributed by atoms with E-state index < -0.39 is 28.9 Å². The Bertz CT molecular complexity index is 686. The van der Waals surface area contributed by atoms with Gasteiger partial charge in [0.2, 0.25) is 5.13 Å². The van der Waals surface area contributed by atoms with Gasteiger partial charge in [0, 0.05) is 5.92 Å². The molecule has 2 aromatic rings. The van der Waals surface area contributed by atoms with Gasteiger partial charge in [0.15, 0.2) is 17.5 Å². The Balaban J connectivity index is 2.18. The zero-order valence-corrected chi connectivity index (χ0v) is 12.8. The van der Waals surface area contributed by atoms with E-state index in [1.807, 2.05) is 13.8 Å². The second-order valence-electron chi connectivity index (χ2n) is 4.64. The number of rotatable bonds is 5. The third kappa shape index (κ3) is 3.27. The van der Waals surface area contributed by atoms with Crippen LogP contribution in [0.1, 0.15) is 48.0 Å². The molecule has 0 unspecified atom stereocenters. The Kier molecular flexibility index (Phi) is 5.12. The first-order valence-electron chi connectivity index (χ1n) is 6.76. The Hall–Kier alpha value is -1.96. The van der Waals surface area contributed by atoms with Crippen LogP contribution in [0.5, 0.6) is 0 Å². The van der Waals surface area contributed by atoms with Gasteiger partial charge in [0.05, 0.1) is 5.56 Å². The molecule has 1 N–H and O–H groups in total. The summed E-state index contributed by atoms with van der Waals surface area (Å²) in [4.78, 5) is 11.9. The molecule has 118 valence electrons. The van der Waals surface area contributed by atoms with Crippen molar-refractivity contribution in [3.8, 4) is 0 Å².